The molecule has 2 aromatic heterocycles. The lowest BCUT2D eigenvalue weighted by atomic mass is 9.90. The number of halogens is 2. The highest BCUT2D eigenvalue weighted by atomic mass is 35.5. The van der Waals surface area contributed by atoms with Crippen molar-refractivity contribution in [2.24, 2.45) is 0 Å². The molecule has 0 amide bonds. The van der Waals surface area contributed by atoms with Crippen LogP contribution in [0.15, 0.2) is 40.8 Å². The Kier molecular flexibility index (Phi) is 6.33. The normalized spacial score (nSPS) is 18.5. The van der Waals surface area contributed by atoms with Gasteiger partial charge in [0.2, 0.25) is 0 Å². The molecular weight excluding hydrogens is 459 g/mol. The zero-order valence-corrected chi connectivity index (χ0v) is 20.0. The lowest BCUT2D eigenvalue weighted by molar-refractivity contribution is -0.0543. The zero-order valence-electron chi connectivity index (χ0n) is 16.8. The van der Waals surface area contributed by atoms with Gasteiger partial charge >= 0.3 is 0 Å². The number of rotatable bonds is 6. The maximum atomic E-state index is 13.5. The van der Waals surface area contributed by atoms with Crippen molar-refractivity contribution in [1.82, 2.24) is 9.55 Å². The molecule has 4 nitrogen and oxygen atoms in total. The number of aromatic nitrogens is 2. The Morgan fingerprint density at radius 2 is 2.20 bits per heavy atom. The van der Waals surface area contributed by atoms with E-state index >= 15 is 0 Å². The monoisotopic (exact) mass is 480 g/mol. The molecule has 0 bridgehead atoms. The lowest BCUT2D eigenvalue weighted by Gasteiger charge is -2.32. The Morgan fingerprint density at radius 3 is 2.90 bits per heavy atom. The first-order chi connectivity index (χ1) is 14.3. The van der Waals surface area contributed by atoms with Gasteiger partial charge in [0.05, 0.1) is 27.6 Å². The summed E-state index contributed by atoms with van der Waals surface area (Å²) < 4.78 is 7.79. The summed E-state index contributed by atoms with van der Waals surface area (Å²) in [6.07, 6.45) is 3.37. The van der Waals surface area contributed by atoms with E-state index in [4.69, 9.17) is 32.9 Å². The van der Waals surface area contributed by atoms with Crippen LogP contribution in [0.25, 0.3) is 10.2 Å². The van der Waals surface area contributed by atoms with Crippen LogP contribution in [0.2, 0.25) is 10.0 Å². The molecule has 0 spiro atoms. The molecule has 3 heterocycles. The quantitative estimate of drug-likeness (QED) is 0.230. The molecule has 0 saturated heterocycles. The minimum absolute atomic E-state index is 0.00519. The zero-order chi connectivity index (χ0) is 21.5. The van der Waals surface area contributed by atoms with Crippen molar-refractivity contribution in [2.45, 2.75) is 56.4 Å². The van der Waals surface area contributed by atoms with Gasteiger partial charge in [0.15, 0.2) is 5.16 Å². The smallest absolute Gasteiger partial charge is 0.263 e. The highest BCUT2D eigenvalue weighted by Crippen LogP contribution is 2.39. The molecule has 3 aromatic rings. The molecule has 0 N–H and O–H groups in total. The molecule has 4 rings (SSSR count). The van der Waals surface area contributed by atoms with E-state index in [1.165, 1.54) is 11.8 Å². The summed E-state index contributed by atoms with van der Waals surface area (Å²) in [4.78, 5) is 20.2. The third-order valence-electron chi connectivity index (χ3n) is 5.47. The minimum Gasteiger partial charge on any atom is -0.369 e. The Bertz CT molecular complexity index is 1190. The van der Waals surface area contributed by atoms with Gasteiger partial charge in [-0.2, -0.15) is 0 Å². The maximum Gasteiger partial charge on any atom is 0.263 e. The van der Waals surface area contributed by atoms with Crippen molar-refractivity contribution in [1.29, 1.82) is 0 Å². The summed E-state index contributed by atoms with van der Waals surface area (Å²) in [5.41, 5.74) is 1.88. The lowest BCUT2D eigenvalue weighted by Crippen LogP contribution is -2.34. The van der Waals surface area contributed by atoms with Crippen molar-refractivity contribution < 1.29 is 4.74 Å². The second-order valence-corrected chi connectivity index (χ2v) is 10.4. The topological polar surface area (TPSA) is 44.1 Å². The summed E-state index contributed by atoms with van der Waals surface area (Å²) >= 11 is 15.2. The predicted octanol–water partition coefficient (Wildman–Crippen LogP) is 6.48. The number of thiophene rings is 1. The average molecular weight is 481 g/mol. The van der Waals surface area contributed by atoms with E-state index in [2.05, 4.69) is 20.4 Å². The average Bonchev–Trinajstić information content (AvgIpc) is 3.08. The maximum absolute atomic E-state index is 13.5. The SMILES string of the molecule is C=CCn1c(SCc2ccc(Cl)c(Cl)c2)nc2sc3c(c2c1=O)CC(C)(CC)OC3. The van der Waals surface area contributed by atoms with Crippen LogP contribution in [0.3, 0.4) is 0 Å². The van der Waals surface area contributed by atoms with Gasteiger partial charge in [0.1, 0.15) is 4.83 Å². The molecule has 1 unspecified atom stereocenters. The first-order valence-electron chi connectivity index (χ1n) is 9.72. The largest absolute Gasteiger partial charge is 0.369 e. The molecule has 30 heavy (non-hydrogen) atoms. The summed E-state index contributed by atoms with van der Waals surface area (Å²) in [5, 5.41) is 2.46. The van der Waals surface area contributed by atoms with Crippen molar-refractivity contribution >= 4 is 56.5 Å². The fourth-order valence-corrected chi connectivity index (χ4v) is 5.96. The summed E-state index contributed by atoms with van der Waals surface area (Å²) in [7, 11) is 0. The summed E-state index contributed by atoms with van der Waals surface area (Å²) in [6.45, 7) is 9.00. The second-order valence-electron chi connectivity index (χ2n) is 7.59. The van der Waals surface area contributed by atoms with Crippen LogP contribution in [-0.2, 0) is 30.1 Å². The van der Waals surface area contributed by atoms with Crippen LogP contribution in [0.5, 0.6) is 0 Å². The number of nitrogens with zero attached hydrogens (tertiary/aromatic N) is 2. The molecule has 1 aromatic carbocycles. The first-order valence-corrected chi connectivity index (χ1v) is 12.3. The Hall–Kier alpha value is -1.31. The highest BCUT2D eigenvalue weighted by Gasteiger charge is 2.33. The number of ether oxygens (including phenoxy) is 1. The molecule has 158 valence electrons. The van der Waals surface area contributed by atoms with E-state index in [1.807, 2.05) is 12.1 Å². The molecule has 1 atom stereocenters. The van der Waals surface area contributed by atoms with Gasteiger partial charge in [0.25, 0.3) is 5.56 Å². The van der Waals surface area contributed by atoms with Crippen LogP contribution in [0, 0.1) is 0 Å². The van der Waals surface area contributed by atoms with Crippen LogP contribution in [0.1, 0.15) is 36.3 Å². The van der Waals surface area contributed by atoms with Crippen molar-refractivity contribution in [3.63, 3.8) is 0 Å². The Balaban J connectivity index is 1.75. The van der Waals surface area contributed by atoms with Crippen LogP contribution >= 0.6 is 46.3 Å². The number of allylic oxidation sites excluding steroid dienone is 1. The fourth-order valence-electron chi connectivity index (χ4n) is 3.54. The van der Waals surface area contributed by atoms with Crippen LogP contribution in [0.4, 0.5) is 0 Å². The number of fused-ring (bicyclic) bond motifs is 3. The second kappa shape index (κ2) is 8.67. The van der Waals surface area contributed by atoms with E-state index in [1.54, 1.807) is 28.0 Å². The Morgan fingerprint density at radius 1 is 1.40 bits per heavy atom. The standard InChI is InChI=1S/C22H22Cl2N2O2S2/c1-4-8-26-20(27)18-14-10-22(3,5-2)28-11-17(14)30-19(18)25-21(26)29-12-13-6-7-15(23)16(24)9-13/h4,6-7,9H,1,5,8,10-12H2,2-3H3. The molecule has 8 heteroatoms. The van der Waals surface area contributed by atoms with Gasteiger partial charge in [-0.1, -0.05) is 54.0 Å². The van der Waals surface area contributed by atoms with Crippen molar-refractivity contribution in [2.75, 3.05) is 0 Å². The van der Waals surface area contributed by atoms with Gasteiger partial charge in [-0.25, -0.2) is 4.98 Å². The molecule has 1 aliphatic rings. The molecule has 0 fully saturated rings. The van der Waals surface area contributed by atoms with E-state index in [9.17, 15) is 4.79 Å². The molecule has 0 saturated carbocycles. The van der Waals surface area contributed by atoms with Gasteiger partial charge in [-0.3, -0.25) is 9.36 Å². The number of benzene rings is 1. The highest BCUT2D eigenvalue weighted by molar-refractivity contribution is 7.98. The number of thioether (sulfide) groups is 1. The fraction of sp³-hybridized carbons (Fsp3) is 0.364. The molecule has 0 radical (unpaired) electrons. The van der Waals surface area contributed by atoms with Gasteiger partial charge in [-0.15, -0.1) is 17.9 Å². The molecule has 1 aliphatic heterocycles. The first kappa shape index (κ1) is 21.9. The summed E-state index contributed by atoms with van der Waals surface area (Å²) in [6, 6.07) is 5.56. The van der Waals surface area contributed by atoms with E-state index in [0.29, 0.717) is 34.1 Å². The minimum atomic E-state index is -0.238. The Labute approximate surface area is 193 Å². The van der Waals surface area contributed by atoms with Crippen LogP contribution < -0.4 is 5.56 Å². The number of hydrogen-bond donors (Lipinski definition) is 0. The third kappa shape index (κ3) is 4.08. The van der Waals surface area contributed by atoms with Crippen LogP contribution in [-0.4, -0.2) is 15.2 Å². The molecule has 0 aliphatic carbocycles. The van der Waals surface area contributed by atoms with E-state index < -0.39 is 0 Å². The van der Waals surface area contributed by atoms with Gasteiger partial charge in [0, 0.05) is 23.6 Å². The predicted molar refractivity (Wildman–Crippen MR) is 127 cm³/mol. The van der Waals surface area contributed by atoms with Crippen molar-refractivity contribution in [3.05, 3.63) is 67.3 Å². The third-order valence-corrected chi connectivity index (χ3v) is 8.36. The van der Waals surface area contributed by atoms with Gasteiger partial charge in [-0.05, 0) is 36.6 Å². The van der Waals surface area contributed by atoms with Gasteiger partial charge < -0.3 is 4.74 Å². The van der Waals surface area contributed by atoms with Crippen molar-refractivity contribution in [3.8, 4) is 0 Å². The van der Waals surface area contributed by atoms with E-state index in [-0.39, 0.29) is 11.2 Å². The summed E-state index contributed by atoms with van der Waals surface area (Å²) in [5.74, 6) is 0.633. The molecular formula is C22H22Cl2N2O2S2. The van der Waals surface area contributed by atoms with E-state index in [0.717, 1.165) is 39.1 Å². The number of hydrogen-bond acceptors (Lipinski definition) is 5.